The number of benzene rings is 1. The van der Waals surface area contributed by atoms with Crippen molar-refractivity contribution in [3.8, 4) is 5.75 Å². The second kappa shape index (κ2) is 6.34. The van der Waals surface area contributed by atoms with Gasteiger partial charge in [-0.3, -0.25) is 4.79 Å². The molecular formula is C13H16BrFN2O2. The average molecular weight is 331 g/mol. The Labute approximate surface area is 119 Å². The smallest absolute Gasteiger partial charge is 0.260 e. The Kier molecular flexibility index (Phi) is 4.76. The maximum Gasteiger partial charge on any atom is 0.260 e. The molecule has 0 spiro atoms. The van der Waals surface area contributed by atoms with Gasteiger partial charge in [0.25, 0.3) is 5.91 Å². The van der Waals surface area contributed by atoms with Gasteiger partial charge in [0.1, 0.15) is 0 Å². The predicted octanol–water partition coefficient (Wildman–Crippen LogP) is 1.92. The van der Waals surface area contributed by atoms with Crippen LogP contribution in [0, 0.1) is 5.82 Å². The van der Waals surface area contributed by atoms with E-state index in [1.54, 1.807) is 11.0 Å². The highest BCUT2D eigenvalue weighted by Gasteiger charge is 2.21. The summed E-state index contributed by atoms with van der Waals surface area (Å²) >= 11 is 3.16. The van der Waals surface area contributed by atoms with Gasteiger partial charge < -0.3 is 15.4 Å². The van der Waals surface area contributed by atoms with Crippen molar-refractivity contribution in [2.45, 2.75) is 18.9 Å². The number of rotatable bonds is 3. The summed E-state index contributed by atoms with van der Waals surface area (Å²) in [6.07, 6.45) is 1.61. The van der Waals surface area contributed by atoms with Gasteiger partial charge in [0.2, 0.25) is 0 Å². The molecule has 0 atom stereocenters. The monoisotopic (exact) mass is 330 g/mol. The lowest BCUT2D eigenvalue weighted by molar-refractivity contribution is -0.134. The number of piperidine rings is 1. The van der Waals surface area contributed by atoms with Crippen LogP contribution in [0.4, 0.5) is 4.39 Å². The number of likely N-dealkylation sites (tertiary alicyclic amines) is 1. The van der Waals surface area contributed by atoms with Gasteiger partial charge in [-0.25, -0.2) is 4.39 Å². The van der Waals surface area contributed by atoms with Gasteiger partial charge in [0, 0.05) is 23.6 Å². The third kappa shape index (κ3) is 3.91. The summed E-state index contributed by atoms with van der Waals surface area (Å²) < 4.78 is 19.3. The standard InChI is InChI=1S/C13H16BrFN2O2/c14-9-1-2-12(11(15)7-9)19-8-13(18)17-5-3-10(16)4-6-17/h1-2,7,10H,3-6,8,16H2. The topological polar surface area (TPSA) is 55.6 Å². The fourth-order valence-electron chi connectivity index (χ4n) is 1.97. The van der Waals surface area contributed by atoms with Gasteiger partial charge in [-0.15, -0.1) is 0 Å². The lowest BCUT2D eigenvalue weighted by atomic mass is 10.1. The van der Waals surface area contributed by atoms with Crippen LogP contribution in [0.5, 0.6) is 5.75 Å². The van der Waals surface area contributed by atoms with Crippen molar-refractivity contribution in [1.29, 1.82) is 0 Å². The lowest BCUT2D eigenvalue weighted by Gasteiger charge is -2.30. The molecule has 19 heavy (non-hydrogen) atoms. The number of hydrogen-bond donors (Lipinski definition) is 1. The van der Waals surface area contributed by atoms with E-state index in [0.29, 0.717) is 17.6 Å². The van der Waals surface area contributed by atoms with E-state index in [4.69, 9.17) is 10.5 Å². The highest BCUT2D eigenvalue weighted by atomic mass is 79.9. The first-order valence-electron chi connectivity index (χ1n) is 6.17. The first kappa shape index (κ1) is 14.3. The van der Waals surface area contributed by atoms with E-state index in [-0.39, 0.29) is 24.3 Å². The van der Waals surface area contributed by atoms with Crippen LogP contribution in [0.15, 0.2) is 22.7 Å². The van der Waals surface area contributed by atoms with Crippen LogP contribution in [-0.4, -0.2) is 36.5 Å². The van der Waals surface area contributed by atoms with Crippen molar-refractivity contribution in [3.63, 3.8) is 0 Å². The number of carbonyl (C=O) groups excluding carboxylic acids is 1. The Morgan fingerprint density at radius 1 is 1.47 bits per heavy atom. The van der Waals surface area contributed by atoms with Crippen molar-refractivity contribution in [2.75, 3.05) is 19.7 Å². The van der Waals surface area contributed by atoms with Crippen molar-refractivity contribution in [2.24, 2.45) is 5.73 Å². The fraction of sp³-hybridized carbons (Fsp3) is 0.462. The normalized spacial score (nSPS) is 16.5. The van der Waals surface area contributed by atoms with E-state index in [2.05, 4.69) is 15.9 Å². The maximum absolute atomic E-state index is 13.5. The summed E-state index contributed by atoms with van der Waals surface area (Å²) in [5.74, 6) is -0.526. The van der Waals surface area contributed by atoms with Crippen molar-refractivity contribution < 1.29 is 13.9 Å². The molecule has 0 bridgehead atoms. The molecule has 0 radical (unpaired) electrons. The summed E-state index contributed by atoms with van der Waals surface area (Å²) in [6, 6.07) is 4.65. The molecule has 4 nitrogen and oxygen atoms in total. The third-order valence-electron chi connectivity index (χ3n) is 3.14. The Balaban J connectivity index is 1.86. The number of ether oxygens (including phenoxy) is 1. The van der Waals surface area contributed by atoms with E-state index in [1.165, 1.54) is 12.1 Å². The second-order valence-corrected chi connectivity index (χ2v) is 5.50. The minimum Gasteiger partial charge on any atom is -0.481 e. The third-order valence-corrected chi connectivity index (χ3v) is 3.63. The van der Waals surface area contributed by atoms with Gasteiger partial charge in [-0.05, 0) is 31.0 Å². The van der Waals surface area contributed by atoms with Gasteiger partial charge >= 0.3 is 0 Å². The zero-order valence-corrected chi connectivity index (χ0v) is 12.0. The number of hydrogen-bond acceptors (Lipinski definition) is 3. The highest BCUT2D eigenvalue weighted by Crippen LogP contribution is 2.21. The number of amides is 1. The highest BCUT2D eigenvalue weighted by molar-refractivity contribution is 9.10. The molecule has 6 heteroatoms. The number of nitrogens with zero attached hydrogens (tertiary/aromatic N) is 1. The van der Waals surface area contributed by atoms with Gasteiger partial charge in [0.05, 0.1) is 0 Å². The molecule has 1 fully saturated rings. The van der Waals surface area contributed by atoms with E-state index >= 15 is 0 Å². The molecule has 0 aliphatic carbocycles. The molecule has 0 unspecified atom stereocenters. The molecule has 0 saturated carbocycles. The van der Waals surface area contributed by atoms with Crippen LogP contribution in [0.3, 0.4) is 0 Å². The van der Waals surface area contributed by atoms with E-state index in [9.17, 15) is 9.18 Å². The largest absolute Gasteiger partial charge is 0.481 e. The van der Waals surface area contributed by atoms with E-state index in [0.717, 1.165) is 12.8 Å². The zero-order chi connectivity index (χ0) is 13.8. The molecule has 1 heterocycles. The van der Waals surface area contributed by atoms with Gasteiger partial charge in [-0.2, -0.15) is 0 Å². The molecule has 104 valence electrons. The number of carbonyl (C=O) groups is 1. The quantitative estimate of drug-likeness (QED) is 0.921. The molecule has 1 amide bonds. The Morgan fingerprint density at radius 2 is 2.16 bits per heavy atom. The second-order valence-electron chi connectivity index (χ2n) is 4.58. The van der Waals surface area contributed by atoms with Crippen LogP contribution >= 0.6 is 15.9 Å². The average Bonchev–Trinajstić information content (AvgIpc) is 2.38. The Morgan fingerprint density at radius 3 is 2.79 bits per heavy atom. The van der Waals surface area contributed by atoms with Crippen LogP contribution in [0.25, 0.3) is 0 Å². The van der Waals surface area contributed by atoms with Crippen molar-refractivity contribution in [1.82, 2.24) is 4.90 Å². The first-order valence-corrected chi connectivity index (χ1v) is 6.97. The Bertz CT molecular complexity index is 462. The van der Waals surface area contributed by atoms with E-state index < -0.39 is 5.82 Å². The molecule has 0 aromatic heterocycles. The Hall–Kier alpha value is -1.14. The minimum absolute atomic E-state index is 0.0882. The molecular weight excluding hydrogens is 315 g/mol. The van der Waals surface area contributed by atoms with Crippen LogP contribution in [0.2, 0.25) is 0 Å². The maximum atomic E-state index is 13.5. The summed E-state index contributed by atoms with van der Waals surface area (Å²) in [7, 11) is 0. The van der Waals surface area contributed by atoms with Crippen LogP contribution in [0.1, 0.15) is 12.8 Å². The first-order chi connectivity index (χ1) is 9.06. The van der Waals surface area contributed by atoms with Gasteiger partial charge in [-0.1, -0.05) is 15.9 Å². The van der Waals surface area contributed by atoms with Crippen molar-refractivity contribution >= 4 is 21.8 Å². The van der Waals surface area contributed by atoms with Gasteiger partial charge in [0.15, 0.2) is 18.2 Å². The molecule has 1 aliphatic rings. The molecule has 2 N–H and O–H groups in total. The summed E-state index contributed by atoms with van der Waals surface area (Å²) in [4.78, 5) is 13.6. The molecule has 1 saturated heterocycles. The minimum atomic E-state index is -0.483. The van der Waals surface area contributed by atoms with Crippen LogP contribution < -0.4 is 10.5 Å². The molecule has 1 aromatic rings. The zero-order valence-electron chi connectivity index (χ0n) is 10.4. The van der Waals surface area contributed by atoms with Crippen molar-refractivity contribution in [3.05, 3.63) is 28.5 Å². The van der Waals surface area contributed by atoms with Crippen LogP contribution in [-0.2, 0) is 4.79 Å². The van der Waals surface area contributed by atoms with E-state index in [1.807, 2.05) is 0 Å². The molecule has 2 rings (SSSR count). The molecule has 1 aliphatic heterocycles. The lowest BCUT2D eigenvalue weighted by Crippen LogP contribution is -2.44. The SMILES string of the molecule is NC1CCN(C(=O)COc2ccc(Br)cc2F)CC1. The summed E-state index contributed by atoms with van der Waals surface area (Å²) in [6.45, 7) is 1.14. The fourth-order valence-corrected chi connectivity index (χ4v) is 2.31. The predicted molar refractivity (Wildman–Crippen MR) is 73.4 cm³/mol. The number of halogens is 2. The summed E-state index contributed by atoms with van der Waals surface area (Å²) in [5.41, 5.74) is 5.77. The summed E-state index contributed by atoms with van der Waals surface area (Å²) in [5, 5.41) is 0. The molecule has 1 aromatic carbocycles. The number of nitrogens with two attached hydrogens (primary N) is 1.